The third kappa shape index (κ3) is 2.36. The molecule has 1 nitrogen and oxygen atoms in total. The molecule has 0 radical (unpaired) electrons. The fourth-order valence-electron chi connectivity index (χ4n) is 1.61. The van der Waals surface area contributed by atoms with Crippen LogP contribution in [-0.2, 0) is 0 Å². The summed E-state index contributed by atoms with van der Waals surface area (Å²) < 4.78 is 37.2. The molecule has 1 atom stereocenters. The second-order valence-corrected chi connectivity index (χ2v) is 4.44. The number of hydrogen-bond acceptors (Lipinski definition) is 2. The van der Waals surface area contributed by atoms with Crippen LogP contribution in [-0.4, -0.2) is 11.3 Å². The van der Waals surface area contributed by atoms with Gasteiger partial charge < -0.3 is 5.11 Å². The third-order valence-electron chi connectivity index (χ3n) is 2.29. The Morgan fingerprint density at radius 1 is 1.25 bits per heavy atom. The SMILES string of the molecule is OC(CC(F)(F)F)c1cccc2ccsc12. The zero-order valence-electron chi connectivity index (χ0n) is 8.16. The molecule has 0 aliphatic carbocycles. The quantitative estimate of drug-likeness (QED) is 0.852. The fraction of sp³-hybridized carbons (Fsp3) is 0.273. The van der Waals surface area contributed by atoms with Gasteiger partial charge in [0.05, 0.1) is 12.5 Å². The van der Waals surface area contributed by atoms with Gasteiger partial charge in [-0.05, 0) is 22.4 Å². The first-order valence-electron chi connectivity index (χ1n) is 4.68. The Labute approximate surface area is 94.1 Å². The minimum atomic E-state index is -4.35. The standard InChI is InChI=1S/C11H9F3OS/c12-11(13,14)6-9(15)8-3-1-2-7-4-5-16-10(7)8/h1-5,9,15H,6H2. The van der Waals surface area contributed by atoms with Gasteiger partial charge in [-0.2, -0.15) is 13.2 Å². The number of aliphatic hydroxyl groups excluding tert-OH is 1. The lowest BCUT2D eigenvalue weighted by Crippen LogP contribution is -2.13. The van der Waals surface area contributed by atoms with Crippen LogP contribution in [0.4, 0.5) is 13.2 Å². The van der Waals surface area contributed by atoms with E-state index >= 15 is 0 Å². The van der Waals surface area contributed by atoms with Crippen LogP contribution in [0.1, 0.15) is 18.1 Å². The maximum absolute atomic E-state index is 12.2. The van der Waals surface area contributed by atoms with Crippen molar-refractivity contribution in [1.29, 1.82) is 0 Å². The first-order valence-corrected chi connectivity index (χ1v) is 5.56. The van der Waals surface area contributed by atoms with Crippen LogP contribution >= 0.6 is 11.3 Å². The van der Waals surface area contributed by atoms with Crippen LogP contribution in [0.25, 0.3) is 10.1 Å². The Morgan fingerprint density at radius 3 is 2.69 bits per heavy atom. The molecule has 0 spiro atoms. The molecule has 0 aliphatic heterocycles. The van der Waals surface area contributed by atoms with E-state index in [2.05, 4.69) is 0 Å². The van der Waals surface area contributed by atoms with Crippen molar-refractivity contribution in [1.82, 2.24) is 0 Å². The maximum atomic E-state index is 12.2. The Hall–Kier alpha value is -1.07. The second kappa shape index (κ2) is 4.07. The molecule has 0 saturated heterocycles. The summed E-state index contributed by atoms with van der Waals surface area (Å²) in [4.78, 5) is 0. The van der Waals surface area contributed by atoms with Gasteiger partial charge in [0.2, 0.25) is 0 Å². The first kappa shape index (κ1) is 11.4. The summed E-state index contributed by atoms with van der Waals surface area (Å²) in [5.74, 6) is 0. The van der Waals surface area contributed by atoms with Gasteiger partial charge in [-0.25, -0.2) is 0 Å². The lowest BCUT2D eigenvalue weighted by Gasteiger charge is -2.14. The van der Waals surface area contributed by atoms with Crippen molar-refractivity contribution in [3.05, 3.63) is 35.2 Å². The number of hydrogen-bond donors (Lipinski definition) is 1. The Kier molecular flexibility index (Phi) is 2.90. The fourth-order valence-corrected chi connectivity index (χ4v) is 2.57. The molecule has 1 unspecified atom stereocenters. The van der Waals surface area contributed by atoms with E-state index in [4.69, 9.17) is 0 Å². The molecule has 5 heteroatoms. The molecule has 0 bridgehead atoms. The number of rotatable bonds is 2. The van der Waals surface area contributed by atoms with Gasteiger partial charge in [-0.15, -0.1) is 11.3 Å². The first-order chi connectivity index (χ1) is 7.47. The van der Waals surface area contributed by atoms with E-state index in [0.29, 0.717) is 5.56 Å². The van der Waals surface area contributed by atoms with E-state index in [1.807, 2.05) is 12.1 Å². The molecule has 1 N–H and O–H groups in total. The molecule has 0 amide bonds. The number of halogens is 3. The van der Waals surface area contributed by atoms with Crippen molar-refractivity contribution >= 4 is 21.4 Å². The lowest BCUT2D eigenvalue weighted by atomic mass is 10.0. The van der Waals surface area contributed by atoms with E-state index < -0.39 is 18.7 Å². The molecule has 1 aromatic heterocycles. The summed E-state index contributed by atoms with van der Waals surface area (Å²) in [6.07, 6.45) is -7.04. The highest BCUT2D eigenvalue weighted by Crippen LogP contribution is 2.34. The predicted molar refractivity (Wildman–Crippen MR) is 57.5 cm³/mol. The van der Waals surface area contributed by atoms with E-state index in [1.54, 1.807) is 11.4 Å². The predicted octanol–water partition coefficient (Wildman–Crippen LogP) is 3.89. The summed E-state index contributed by atoms with van der Waals surface area (Å²) in [6.45, 7) is 0. The molecule has 1 aromatic carbocycles. The molecule has 1 heterocycles. The number of benzene rings is 1. The zero-order valence-corrected chi connectivity index (χ0v) is 8.98. The van der Waals surface area contributed by atoms with Gasteiger partial charge in [0.25, 0.3) is 0 Å². The van der Waals surface area contributed by atoms with Crippen LogP contribution in [0.2, 0.25) is 0 Å². The monoisotopic (exact) mass is 246 g/mol. The average Bonchev–Trinajstić information content (AvgIpc) is 2.61. The van der Waals surface area contributed by atoms with E-state index in [1.165, 1.54) is 17.4 Å². The summed E-state index contributed by atoms with van der Waals surface area (Å²) >= 11 is 1.34. The van der Waals surface area contributed by atoms with Gasteiger partial charge in [-0.1, -0.05) is 18.2 Å². The third-order valence-corrected chi connectivity index (χ3v) is 3.27. The Bertz CT molecular complexity index is 489. The van der Waals surface area contributed by atoms with Gasteiger partial charge in [-0.3, -0.25) is 0 Å². The highest BCUT2D eigenvalue weighted by atomic mass is 32.1. The number of aliphatic hydroxyl groups is 1. The lowest BCUT2D eigenvalue weighted by molar-refractivity contribution is -0.154. The topological polar surface area (TPSA) is 20.2 Å². The molecule has 0 saturated carbocycles. The minimum absolute atomic E-state index is 0.352. The smallest absolute Gasteiger partial charge is 0.388 e. The van der Waals surface area contributed by atoms with Crippen LogP contribution in [0.15, 0.2) is 29.6 Å². The van der Waals surface area contributed by atoms with E-state index in [0.717, 1.165) is 10.1 Å². The van der Waals surface area contributed by atoms with Crippen molar-refractivity contribution in [3.63, 3.8) is 0 Å². The summed E-state index contributed by atoms with van der Waals surface area (Å²) in [7, 11) is 0. The van der Waals surface area contributed by atoms with Crippen molar-refractivity contribution < 1.29 is 18.3 Å². The largest absolute Gasteiger partial charge is 0.391 e. The molecular weight excluding hydrogens is 237 g/mol. The Balaban J connectivity index is 2.36. The highest BCUT2D eigenvalue weighted by Gasteiger charge is 2.32. The van der Waals surface area contributed by atoms with Crippen LogP contribution < -0.4 is 0 Å². The Morgan fingerprint density at radius 2 is 2.00 bits per heavy atom. The van der Waals surface area contributed by atoms with Crippen molar-refractivity contribution in [2.45, 2.75) is 18.7 Å². The van der Waals surface area contributed by atoms with Crippen molar-refractivity contribution in [2.24, 2.45) is 0 Å². The normalized spacial score (nSPS) is 14.2. The summed E-state index contributed by atoms with van der Waals surface area (Å²) in [5.41, 5.74) is 0.352. The van der Waals surface area contributed by atoms with Gasteiger partial charge in [0.1, 0.15) is 0 Å². The van der Waals surface area contributed by atoms with Crippen LogP contribution in [0.5, 0.6) is 0 Å². The number of fused-ring (bicyclic) bond motifs is 1. The zero-order chi connectivity index (χ0) is 11.8. The molecule has 2 rings (SSSR count). The van der Waals surface area contributed by atoms with Crippen LogP contribution in [0, 0.1) is 0 Å². The number of thiophene rings is 1. The summed E-state index contributed by atoms with van der Waals surface area (Å²) in [6, 6.07) is 6.83. The maximum Gasteiger partial charge on any atom is 0.391 e. The molecule has 0 fully saturated rings. The van der Waals surface area contributed by atoms with Crippen LogP contribution in [0.3, 0.4) is 0 Å². The second-order valence-electron chi connectivity index (χ2n) is 3.52. The molecule has 2 aromatic rings. The van der Waals surface area contributed by atoms with Gasteiger partial charge in [0.15, 0.2) is 0 Å². The summed E-state index contributed by atoms with van der Waals surface area (Å²) in [5, 5.41) is 12.2. The van der Waals surface area contributed by atoms with E-state index in [9.17, 15) is 18.3 Å². The molecule has 16 heavy (non-hydrogen) atoms. The van der Waals surface area contributed by atoms with E-state index in [-0.39, 0.29) is 0 Å². The molecular formula is C11H9F3OS. The number of alkyl halides is 3. The van der Waals surface area contributed by atoms with Gasteiger partial charge in [0, 0.05) is 4.70 Å². The highest BCUT2D eigenvalue weighted by molar-refractivity contribution is 7.17. The minimum Gasteiger partial charge on any atom is -0.388 e. The average molecular weight is 246 g/mol. The van der Waals surface area contributed by atoms with Gasteiger partial charge >= 0.3 is 6.18 Å². The molecule has 0 aliphatic rings. The molecule has 86 valence electrons. The van der Waals surface area contributed by atoms with Crippen molar-refractivity contribution in [3.8, 4) is 0 Å². The van der Waals surface area contributed by atoms with Crippen molar-refractivity contribution in [2.75, 3.05) is 0 Å².